The summed E-state index contributed by atoms with van der Waals surface area (Å²) in [6.45, 7) is 1.61. The Morgan fingerprint density at radius 3 is 2.33 bits per heavy atom. The molecule has 0 aliphatic heterocycles. The Bertz CT molecular complexity index is 1080. The van der Waals surface area contributed by atoms with Crippen LogP contribution < -0.4 is 4.72 Å². The Labute approximate surface area is 157 Å². The molecule has 0 amide bonds. The van der Waals surface area contributed by atoms with Crippen LogP contribution in [0, 0.1) is 17.0 Å². The van der Waals surface area contributed by atoms with Crippen molar-refractivity contribution in [1.29, 1.82) is 0 Å². The highest BCUT2D eigenvalue weighted by molar-refractivity contribution is 7.92. The number of nitrogens with one attached hydrogen (secondary N) is 1. The van der Waals surface area contributed by atoms with Crippen molar-refractivity contribution in [3.05, 3.63) is 99.6 Å². The van der Waals surface area contributed by atoms with Gasteiger partial charge in [0.1, 0.15) is 0 Å². The van der Waals surface area contributed by atoms with Crippen molar-refractivity contribution in [3.8, 4) is 0 Å². The Morgan fingerprint density at radius 2 is 1.63 bits per heavy atom. The zero-order valence-electron chi connectivity index (χ0n) is 14.6. The number of anilines is 1. The minimum absolute atomic E-state index is 0.105. The molecule has 0 aliphatic carbocycles. The van der Waals surface area contributed by atoms with Crippen LogP contribution >= 0.6 is 0 Å². The lowest BCUT2D eigenvalue weighted by atomic mass is 10.0. The van der Waals surface area contributed by atoms with Crippen LogP contribution in [0.3, 0.4) is 0 Å². The van der Waals surface area contributed by atoms with Gasteiger partial charge in [-0.15, -0.1) is 0 Å². The number of nitro benzene ring substituents is 1. The van der Waals surface area contributed by atoms with Crippen molar-refractivity contribution >= 4 is 21.4 Å². The highest BCUT2D eigenvalue weighted by Crippen LogP contribution is 2.26. The van der Waals surface area contributed by atoms with E-state index < -0.39 is 14.9 Å². The van der Waals surface area contributed by atoms with Crippen LogP contribution in [0.15, 0.2) is 77.7 Å². The van der Waals surface area contributed by atoms with Crippen LogP contribution in [-0.2, 0) is 16.4 Å². The standard InChI is InChI=1S/C20H18N2O4S/c1-15-11-12-18(22(23)24)14-20(15)27(25,26)21-19-10-6-5-9-17(19)13-16-7-3-2-4-8-16/h2-12,14,21H,13H2,1H3. The molecule has 0 spiro atoms. The van der Waals surface area contributed by atoms with Crippen molar-refractivity contribution in [2.75, 3.05) is 4.72 Å². The molecule has 1 N–H and O–H groups in total. The molecule has 0 heterocycles. The predicted molar refractivity (Wildman–Crippen MR) is 104 cm³/mol. The molecule has 138 valence electrons. The van der Waals surface area contributed by atoms with Crippen LogP contribution in [0.1, 0.15) is 16.7 Å². The van der Waals surface area contributed by atoms with Gasteiger partial charge in [0.25, 0.3) is 15.7 Å². The normalized spacial score (nSPS) is 11.1. The maximum atomic E-state index is 12.9. The van der Waals surface area contributed by atoms with Crippen molar-refractivity contribution in [2.24, 2.45) is 0 Å². The summed E-state index contributed by atoms with van der Waals surface area (Å²) in [5.74, 6) is 0. The average molecular weight is 382 g/mol. The zero-order valence-corrected chi connectivity index (χ0v) is 15.4. The van der Waals surface area contributed by atoms with Gasteiger partial charge in [0.15, 0.2) is 0 Å². The highest BCUT2D eigenvalue weighted by atomic mass is 32.2. The average Bonchev–Trinajstić information content (AvgIpc) is 2.64. The highest BCUT2D eigenvalue weighted by Gasteiger charge is 2.21. The SMILES string of the molecule is Cc1ccc([N+](=O)[O-])cc1S(=O)(=O)Nc1ccccc1Cc1ccccc1. The molecule has 3 aromatic rings. The molecule has 0 saturated heterocycles. The first-order valence-corrected chi connectivity index (χ1v) is 9.75. The minimum atomic E-state index is -3.97. The third-order valence-corrected chi connectivity index (χ3v) is 5.68. The summed E-state index contributed by atoms with van der Waals surface area (Å²) in [5, 5.41) is 11.0. The van der Waals surface area contributed by atoms with Crippen molar-refractivity contribution in [2.45, 2.75) is 18.2 Å². The number of hydrogen-bond acceptors (Lipinski definition) is 4. The van der Waals surface area contributed by atoms with Gasteiger partial charge in [-0.2, -0.15) is 0 Å². The van der Waals surface area contributed by atoms with E-state index in [2.05, 4.69) is 4.72 Å². The maximum absolute atomic E-state index is 12.9. The number of sulfonamides is 1. The number of nitro groups is 1. The minimum Gasteiger partial charge on any atom is -0.279 e. The van der Waals surface area contributed by atoms with E-state index in [0.717, 1.165) is 17.2 Å². The Morgan fingerprint density at radius 1 is 0.963 bits per heavy atom. The molecule has 3 rings (SSSR count). The van der Waals surface area contributed by atoms with E-state index >= 15 is 0 Å². The van der Waals surface area contributed by atoms with Crippen LogP contribution in [0.2, 0.25) is 0 Å². The molecule has 7 heteroatoms. The molecular formula is C20H18N2O4S. The van der Waals surface area contributed by atoms with E-state index in [4.69, 9.17) is 0 Å². The Kier molecular flexibility index (Phi) is 5.23. The van der Waals surface area contributed by atoms with E-state index in [9.17, 15) is 18.5 Å². The van der Waals surface area contributed by atoms with Gasteiger partial charge in [0, 0.05) is 12.1 Å². The summed E-state index contributed by atoms with van der Waals surface area (Å²) >= 11 is 0. The molecule has 0 fully saturated rings. The van der Waals surface area contributed by atoms with Crippen molar-refractivity contribution in [3.63, 3.8) is 0 Å². The van der Waals surface area contributed by atoms with Crippen LogP contribution in [0.4, 0.5) is 11.4 Å². The smallest absolute Gasteiger partial charge is 0.270 e. The van der Waals surface area contributed by atoms with Gasteiger partial charge >= 0.3 is 0 Å². The number of aryl methyl sites for hydroxylation is 1. The topological polar surface area (TPSA) is 89.3 Å². The maximum Gasteiger partial charge on any atom is 0.270 e. The zero-order chi connectivity index (χ0) is 19.4. The van der Waals surface area contributed by atoms with Gasteiger partial charge in [0.05, 0.1) is 15.5 Å². The first kappa shape index (κ1) is 18.6. The predicted octanol–water partition coefficient (Wildman–Crippen LogP) is 4.29. The molecule has 6 nitrogen and oxygen atoms in total. The lowest BCUT2D eigenvalue weighted by Gasteiger charge is -2.14. The third-order valence-electron chi connectivity index (χ3n) is 4.17. The molecule has 0 unspecified atom stereocenters. The van der Waals surface area contributed by atoms with Crippen molar-refractivity contribution in [1.82, 2.24) is 0 Å². The molecule has 0 radical (unpaired) electrons. The number of non-ortho nitro benzene ring substituents is 1. The van der Waals surface area contributed by atoms with Gasteiger partial charge in [-0.1, -0.05) is 54.6 Å². The fourth-order valence-corrected chi connectivity index (χ4v) is 4.15. The van der Waals surface area contributed by atoms with E-state index in [1.807, 2.05) is 42.5 Å². The van der Waals surface area contributed by atoms with Gasteiger partial charge in [0.2, 0.25) is 0 Å². The summed E-state index contributed by atoms with van der Waals surface area (Å²) < 4.78 is 28.3. The van der Waals surface area contributed by atoms with E-state index in [0.29, 0.717) is 17.7 Å². The van der Waals surface area contributed by atoms with Gasteiger partial charge in [-0.25, -0.2) is 8.42 Å². The summed E-state index contributed by atoms with van der Waals surface area (Å²) in [6, 6.07) is 20.6. The molecule has 0 saturated carbocycles. The van der Waals surface area contributed by atoms with Crippen LogP contribution in [0.5, 0.6) is 0 Å². The molecule has 0 atom stereocenters. The number of rotatable bonds is 6. The van der Waals surface area contributed by atoms with E-state index in [1.165, 1.54) is 12.1 Å². The summed E-state index contributed by atoms with van der Waals surface area (Å²) in [7, 11) is -3.97. The lowest BCUT2D eigenvalue weighted by Crippen LogP contribution is -2.16. The second-order valence-electron chi connectivity index (χ2n) is 6.13. The molecule has 0 aromatic heterocycles. The van der Waals surface area contributed by atoms with Crippen molar-refractivity contribution < 1.29 is 13.3 Å². The summed E-state index contributed by atoms with van der Waals surface area (Å²) in [6.07, 6.45) is 0.563. The van der Waals surface area contributed by atoms with E-state index in [1.54, 1.807) is 19.1 Å². The van der Waals surface area contributed by atoms with Crippen LogP contribution in [-0.4, -0.2) is 13.3 Å². The third kappa shape index (κ3) is 4.32. The molecule has 27 heavy (non-hydrogen) atoms. The first-order chi connectivity index (χ1) is 12.9. The molecule has 3 aromatic carbocycles. The molecular weight excluding hydrogens is 364 g/mol. The van der Waals surface area contributed by atoms with E-state index in [-0.39, 0.29) is 10.6 Å². The Balaban J connectivity index is 1.96. The number of para-hydroxylation sites is 1. The van der Waals surface area contributed by atoms with Crippen LogP contribution in [0.25, 0.3) is 0 Å². The van der Waals surface area contributed by atoms with Gasteiger partial charge in [-0.05, 0) is 36.1 Å². The second-order valence-corrected chi connectivity index (χ2v) is 7.78. The number of benzene rings is 3. The fraction of sp³-hybridized carbons (Fsp3) is 0.100. The molecule has 0 aliphatic rings. The fourth-order valence-electron chi connectivity index (χ4n) is 2.78. The molecule has 0 bridgehead atoms. The first-order valence-electron chi connectivity index (χ1n) is 8.26. The largest absolute Gasteiger partial charge is 0.279 e. The Hall–Kier alpha value is -3.19. The summed E-state index contributed by atoms with van der Waals surface area (Å²) in [5.41, 5.74) is 2.49. The number of hydrogen-bond donors (Lipinski definition) is 1. The monoisotopic (exact) mass is 382 g/mol. The lowest BCUT2D eigenvalue weighted by molar-refractivity contribution is -0.385. The summed E-state index contributed by atoms with van der Waals surface area (Å²) in [4.78, 5) is 10.3. The van der Waals surface area contributed by atoms with Gasteiger partial charge in [-0.3, -0.25) is 14.8 Å². The second kappa shape index (κ2) is 7.59. The number of nitrogens with zero attached hydrogens (tertiary/aromatic N) is 1. The van der Waals surface area contributed by atoms with Gasteiger partial charge < -0.3 is 0 Å². The quantitative estimate of drug-likeness (QED) is 0.508.